The molecule has 0 radical (unpaired) electrons. The molecule has 0 atom stereocenters. The first kappa shape index (κ1) is 8.94. The molecule has 0 unspecified atom stereocenters. The highest BCUT2D eigenvalue weighted by Crippen LogP contribution is 2.13. The van der Waals surface area contributed by atoms with Gasteiger partial charge in [0.1, 0.15) is 5.82 Å². The summed E-state index contributed by atoms with van der Waals surface area (Å²) >= 11 is 0. The molecule has 0 aliphatic heterocycles. The van der Waals surface area contributed by atoms with Gasteiger partial charge >= 0.3 is 0 Å². The third-order valence-corrected chi connectivity index (χ3v) is 1.92. The van der Waals surface area contributed by atoms with Crippen molar-refractivity contribution in [2.24, 2.45) is 0 Å². The maximum Gasteiger partial charge on any atom is 0.128 e. The Labute approximate surface area is 83.2 Å². The number of rotatable bonds is 2. The van der Waals surface area contributed by atoms with Gasteiger partial charge in [0.05, 0.1) is 5.52 Å². The van der Waals surface area contributed by atoms with Crippen LogP contribution in [0, 0.1) is 0 Å². The van der Waals surface area contributed by atoms with Crippen LogP contribution in [0.25, 0.3) is 10.9 Å². The van der Waals surface area contributed by atoms with Crippen LogP contribution in [0.3, 0.4) is 0 Å². The molecule has 14 heavy (non-hydrogen) atoms. The number of pyridine rings is 2. The molecular formula is C11H13N3. The largest absolute Gasteiger partial charge is 0.368 e. The smallest absolute Gasteiger partial charge is 0.128 e. The zero-order valence-electron chi connectivity index (χ0n) is 8.36. The SMILES string of the molecule is CC(C)Nc1cc2ncccc2cn1. The van der Waals surface area contributed by atoms with Gasteiger partial charge in [-0.15, -0.1) is 0 Å². The van der Waals surface area contributed by atoms with Gasteiger partial charge in [-0.1, -0.05) is 0 Å². The molecule has 0 aromatic carbocycles. The molecule has 0 saturated heterocycles. The summed E-state index contributed by atoms with van der Waals surface area (Å²) in [5.74, 6) is 0.881. The average Bonchev–Trinajstić information content (AvgIpc) is 2.17. The van der Waals surface area contributed by atoms with E-state index in [1.807, 2.05) is 24.4 Å². The van der Waals surface area contributed by atoms with Gasteiger partial charge < -0.3 is 5.32 Å². The average molecular weight is 187 g/mol. The summed E-state index contributed by atoms with van der Waals surface area (Å²) in [4.78, 5) is 8.57. The minimum absolute atomic E-state index is 0.392. The Morgan fingerprint density at radius 1 is 1.29 bits per heavy atom. The van der Waals surface area contributed by atoms with E-state index < -0.39 is 0 Å². The quantitative estimate of drug-likeness (QED) is 0.784. The molecule has 2 rings (SSSR count). The maximum atomic E-state index is 4.30. The molecule has 0 bridgehead atoms. The van der Waals surface area contributed by atoms with Gasteiger partial charge in [0, 0.05) is 29.9 Å². The van der Waals surface area contributed by atoms with E-state index >= 15 is 0 Å². The molecule has 3 heteroatoms. The Hall–Kier alpha value is -1.64. The first-order valence-corrected chi connectivity index (χ1v) is 4.73. The van der Waals surface area contributed by atoms with Gasteiger partial charge in [-0.2, -0.15) is 0 Å². The highest BCUT2D eigenvalue weighted by Gasteiger charge is 1.99. The van der Waals surface area contributed by atoms with Crippen molar-refractivity contribution in [3.63, 3.8) is 0 Å². The van der Waals surface area contributed by atoms with E-state index in [1.165, 1.54) is 0 Å². The van der Waals surface area contributed by atoms with E-state index in [0.717, 1.165) is 16.7 Å². The summed E-state index contributed by atoms with van der Waals surface area (Å²) in [6, 6.07) is 6.28. The second-order valence-electron chi connectivity index (χ2n) is 3.56. The van der Waals surface area contributed by atoms with Gasteiger partial charge in [-0.05, 0) is 26.0 Å². The summed E-state index contributed by atoms with van der Waals surface area (Å²) < 4.78 is 0. The second-order valence-corrected chi connectivity index (χ2v) is 3.56. The van der Waals surface area contributed by atoms with Crippen molar-refractivity contribution in [3.8, 4) is 0 Å². The Bertz CT molecular complexity index is 437. The van der Waals surface area contributed by atoms with Crippen LogP contribution in [0.5, 0.6) is 0 Å². The van der Waals surface area contributed by atoms with Crippen molar-refractivity contribution in [2.45, 2.75) is 19.9 Å². The lowest BCUT2D eigenvalue weighted by Gasteiger charge is -2.08. The Morgan fingerprint density at radius 2 is 2.14 bits per heavy atom. The molecule has 0 spiro atoms. The molecule has 2 heterocycles. The first-order valence-electron chi connectivity index (χ1n) is 4.73. The van der Waals surface area contributed by atoms with Gasteiger partial charge in [-0.3, -0.25) is 4.98 Å². The molecule has 2 aromatic rings. The van der Waals surface area contributed by atoms with Crippen molar-refractivity contribution in [1.82, 2.24) is 9.97 Å². The van der Waals surface area contributed by atoms with E-state index in [0.29, 0.717) is 6.04 Å². The zero-order chi connectivity index (χ0) is 9.97. The van der Waals surface area contributed by atoms with Gasteiger partial charge in [0.25, 0.3) is 0 Å². The topological polar surface area (TPSA) is 37.8 Å². The van der Waals surface area contributed by atoms with Crippen LogP contribution < -0.4 is 5.32 Å². The van der Waals surface area contributed by atoms with Crippen LogP contribution in [0.2, 0.25) is 0 Å². The van der Waals surface area contributed by atoms with Gasteiger partial charge in [0.15, 0.2) is 0 Å². The summed E-state index contributed by atoms with van der Waals surface area (Å²) in [6.07, 6.45) is 3.63. The number of hydrogen-bond donors (Lipinski definition) is 1. The molecule has 0 aliphatic carbocycles. The van der Waals surface area contributed by atoms with Gasteiger partial charge in [-0.25, -0.2) is 4.98 Å². The predicted octanol–water partition coefficient (Wildman–Crippen LogP) is 2.45. The fourth-order valence-electron chi connectivity index (χ4n) is 1.34. The fraction of sp³-hybridized carbons (Fsp3) is 0.273. The van der Waals surface area contributed by atoms with Crippen molar-refractivity contribution in [3.05, 3.63) is 30.6 Å². The minimum Gasteiger partial charge on any atom is -0.368 e. The first-order chi connectivity index (χ1) is 6.75. The maximum absolute atomic E-state index is 4.30. The van der Waals surface area contributed by atoms with E-state index in [4.69, 9.17) is 0 Å². The van der Waals surface area contributed by atoms with E-state index in [1.54, 1.807) is 6.20 Å². The highest BCUT2D eigenvalue weighted by atomic mass is 15.0. The van der Waals surface area contributed by atoms with Crippen LogP contribution in [0.1, 0.15) is 13.8 Å². The number of aromatic nitrogens is 2. The lowest BCUT2D eigenvalue weighted by atomic mass is 10.2. The normalized spacial score (nSPS) is 10.8. The molecule has 2 aromatic heterocycles. The molecule has 0 saturated carbocycles. The highest BCUT2D eigenvalue weighted by molar-refractivity contribution is 5.79. The van der Waals surface area contributed by atoms with Crippen molar-refractivity contribution < 1.29 is 0 Å². The number of nitrogens with one attached hydrogen (secondary N) is 1. The minimum atomic E-state index is 0.392. The molecular weight excluding hydrogens is 174 g/mol. The monoisotopic (exact) mass is 187 g/mol. The third-order valence-electron chi connectivity index (χ3n) is 1.92. The lowest BCUT2D eigenvalue weighted by molar-refractivity contribution is 0.890. The summed E-state index contributed by atoms with van der Waals surface area (Å²) in [5, 5.41) is 4.32. The van der Waals surface area contributed by atoms with Crippen LogP contribution in [0.4, 0.5) is 5.82 Å². The summed E-state index contributed by atoms with van der Waals surface area (Å²) in [6.45, 7) is 4.18. The van der Waals surface area contributed by atoms with Gasteiger partial charge in [0.2, 0.25) is 0 Å². The summed E-state index contributed by atoms with van der Waals surface area (Å²) in [5.41, 5.74) is 0.977. The Balaban J connectivity index is 2.41. The molecule has 0 amide bonds. The van der Waals surface area contributed by atoms with Crippen molar-refractivity contribution in [2.75, 3.05) is 5.32 Å². The number of fused-ring (bicyclic) bond motifs is 1. The molecule has 1 N–H and O–H groups in total. The Kier molecular flexibility index (Phi) is 2.31. The van der Waals surface area contributed by atoms with Crippen LogP contribution >= 0.6 is 0 Å². The second kappa shape index (κ2) is 3.62. The van der Waals surface area contributed by atoms with Crippen LogP contribution in [0.15, 0.2) is 30.6 Å². The van der Waals surface area contributed by atoms with Crippen molar-refractivity contribution in [1.29, 1.82) is 0 Å². The number of hydrogen-bond acceptors (Lipinski definition) is 3. The van der Waals surface area contributed by atoms with Crippen LogP contribution in [-0.2, 0) is 0 Å². The third kappa shape index (κ3) is 1.82. The van der Waals surface area contributed by atoms with Crippen LogP contribution in [-0.4, -0.2) is 16.0 Å². The molecule has 0 fully saturated rings. The fourth-order valence-corrected chi connectivity index (χ4v) is 1.34. The predicted molar refractivity (Wildman–Crippen MR) is 58.3 cm³/mol. The summed E-state index contributed by atoms with van der Waals surface area (Å²) in [7, 11) is 0. The Morgan fingerprint density at radius 3 is 2.93 bits per heavy atom. The molecule has 72 valence electrons. The van der Waals surface area contributed by atoms with Crippen molar-refractivity contribution >= 4 is 16.7 Å². The molecule has 0 aliphatic rings. The standard InChI is InChI=1S/C11H13N3/c1-8(2)14-11-6-10-9(7-13-11)4-3-5-12-10/h3-8H,1-2H3,(H,13,14). The van der Waals surface area contributed by atoms with E-state index in [2.05, 4.69) is 29.1 Å². The zero-order valence-corrected chi connectivity index (χ0v) is 8.36. The van der Waals surface area contributed by atoms with E-state index in [9.17, 15) is 0 Å². The number of anilines is 1. The number of nitrogens with zero attached hydrogens (tertiary/aromatic N) is 2. The van der Waals surface area contributed by atoms with E-state index in [-0.39, 0.29) is 0 Å². The molecule has 3 nitrogen and oxygen atoms in total. The lowest BCUT2D eigenvalue weighted by Crippen LogP contribution is -2.10.